The normalized spacial score (nSPS) is 17.1. The van der Waals surface area contributed by atoms with Crippen molar-refractivity contribution in [1.82, 2.24) is 9.97 Å². The van der Waals surface area contributed by atoms with Crippen LogP contribution in [0.4, 0.5) is 23.4 Å². The van der Waals surface area contributed by atoms with Crippen LogP contribution in [0, 0.1) is 11.7 Å². The predicted octanol–water partition coefficient (Wildman–Crippen LogP) is 6.22. The van der Waals surface area contributed by atoms with Crippen LogP contribution in [0.25, 0.3) is 11.1 Å². The molecule has 4 rings (SSSR count). The third kappa shape index (κ3) is 6.60. The van der Waals surface area contributed by atoms with E-state index < -0.39 is 23.9 Å². The number of ether oxygens (including phenoxy) is 1. The van der Waals surface area contributed by atoms with E-state index in [1.807, 2.05) is 32.0 Å². The standard InChI is InChI=1S/C22H19F4N3O2S.C2H6/c23-15-9-18(21(28-10-15)29-32-12-22(24,25)26)13-4-5-17-19(8-13)31-11-14(20(17)30)7-16-3-1-2-6-27-16;1-2/h1-6,8-10,14,20,30H,7,11-12H2,(H,28,29);1-2H3. The minimum atomic E-state index is -4.35. The van der Waals surface area contributed by atoms with Gasteiger partial charge in [0.05, 0.1) is 18.9 Å². The van der Waals surface area contributed by atoms with Gasteiger partial charge in [-0.3, -0.25) is 4.98 Å². The third-order valence-electron chi connectivity index (χ3n) is 5.00. The van der Waals surface area contributed by atoms with Gasteiger partial charge in [-0.25, -0.2) is 9.37 Å². The van der Waals surface area contributed by atoms with Crippen LogP contribution in [0.1, 0.15) is 31.2 Å². The fraction of sp³-hybridized carbons (Fsp3) is 0.333. The van der Waals surface area contributed by atoms with Crippen molar-refractivity contribution in [2.24, 2.45) is 5.92 Å². The van der Waals surface area contributed by atoms with Crippen molar-refractivity contribution >= 4 is 17.8 Å². The molecule has 0 amide bonds. The topological polar surface area (TPSA) is 67.3 Å². The smallest absolute Gasteiger partial charge is 0.399 e. The molecule has 0 fully saturated rings. The monoisotopic (exact) mass is 495 g/mol. The van der Waals surface area contributed by atoms with Gasteiger partial charge < -0.3 is 14.6 Å². The number of alkyl halides is 3. The Hall–Kier alpha value is -2.85. The van der Waals surface area contributed by atoms with E-state index in [4.69, 9.17) is 4.74 Å². The van der Waals surface area contributed by atoms with Crippen LogP contribution in [0.3, 0.4) is 0 Å². The molecule has 0 saturated heterocycles. The van der Waals surface area contributed by atoms with Crippen molar-refractivity contribution in [3.63, 3.8) is 0 Å². The van der Waals surface area contributed by atoms with Gasteiger partial charge in [-0.1, -0.05) is 32.0 Å². The van der Waals surface area contributed by atoms with Gasteiger partial charge in [-0.05, 0) is 48.2 Å². The fourth-order valence-corrected chi connectivity index (χ4v) is 4.03. The van der Waals surface area contributed by atoms with Crippen molar-refractivity contribution in [1.29, 1.82) is 0 Å². The number of aromatic nitrogens is 2. The Labute approximate surface area is 199 Å². The van der Waals surface area contributed by atoms with Crippen LogP contribution in [-0.2, 0) is 6.42 Å². The number of rotatable bonds is 6. The average Bonchev–Trinajstić information content (AvgIpc) is 2.83. The highest BCUT2D eigenvalue weighted by atomic mass is 32.2. The van der Waals surface area contributed by atoms with E-state index in [0.29, 0.717) is 35.2 Å². The second-order valence-electron chi connectivity index (χ2n) is 7.35. The van der Waals surface area contributed by atoms with E-state index >= 15 is 0 Å². The molecule has 2 aromatic heterocycles. The van der Waals surface area contributed by atoms with E-state index in [1.54, 1.807) is 24.4 Å². The Balaban J connectivity index is 0.00000158. The highest BCUT2D eigenvalue weighted by Crippen LogP contribution is 2.40. The number of nitrogens with zero attached hydrogens (tertiary/aromatic N) is 2. The zero-order chi connectivity index (χ0) is 24.7. The van der Waals surface area contributed by atoms with Crippen LogP contribution < -0.4 is 9.46 Å². The molecule has 2 unspecified atom stereocenters. The Morgan fingerprint density at radius 2 is 1.94 bits per heavy atom. The largest absolute Gasteiger partial charge is 0.493 e. The van der Waals surface area contributed by atoms with Crippen LogP contribution in [0.15, 0.2) is 54.9 Å². The molecular weight excluding hydrogens is 470 g/mol. The minimum Gasteiger partial charge on any atom is -0.493 e. The summed E-state index contributed by atoms with van der Waals surface area (Å²) in [6.07, 6.45) is -1.96. The number of fused-ring (bicyclic) bond motifs is 1. The van der Waals surface area contributed by atoms with E-state index in [9.17, 15) is 22.7 Å². The summed E-state index contributed by atoms with van der Waals surface area (Å²) in [4.78, 5) is 8.17. The zero-order valence-electron chi connectivity index (χ0n) is 18.6. The maximum atomic E-state index is 13.8. The van der Waals surface area contributed by atoms with Gasteiger partial charge in [0.25, 0.3) is 0 Å². The lowest BCUT2D eigenvalue weighted by Gasteiger charge is -2.30. The Morgan fingerprint density at radius 3 is 2.65 bits per heavy atom. The van der Waals surface area contributed by atoms with Gasteiger partial charge in [0.15, 0.2) is 0 Å². The first kappa shape index (κ1) is 25.8. The fourth-order valence-electron chi connectivity index (χ4n) is 3.50. The van der Waals surface area contributed by atoms with Gasteiger partial charge in [0.2, 0.25) is 0 Å². The summed E-state index contributed by atoms with van der Waals surface area (Å²) < 4.78 is 59.6. The lowest BCUT2D eigenvalue weighted by atomic mass is 9.88. The lowest BCUT2D eigenvalue weighted by Crippen LogP contribution is -2.28. The summed E-state index contributed by atoms with van der Waals surface area (Å²) >= 11 is 0.421. The Kier molecular flexibility index (Phi) is 8.73. The number of anilines is 1. The highest BCUT2D eigenvalue weighted by Gasteiger charge is 2.30. The number of nitrogens with one attached hydrogen (secondary N) is 1. The molecule has 5 nitrogen and oxygen atoms in total. The SMILES string of the molecule is CC.OC1c2ccc(-c3cc(F)cnc3NSCC(F)(F)F)cc2OCC1Cc1ccccn1. The van der Waals surface area contributed by atoms with Crippen LogP contribution in [0.5, 0.6) is 5.75 Å². The first-order valence-corrected chi connectivity index (χ1v) is 11.7. The second-order valence-corrected chi connectivity index (χ2v) is 8.13. The summed E-state index contributed by atoms with van der Waals surface area (Å²) in [7, 11) is 0. The Bertz CT molecular complexity index is 1080. The van der Waals surface area contributed by atoms with Gasteiger partial charge in [-0.15, -0.1) is 0 Å². The molecule has 3 heterocycles. The van der Waals surface area contributed by atoms with Crippen LogP contribution in [0.2, 0.25) is 0 Å². The molecule has 0 saturated carbocycles. The summed E-state index contributed by atoms with van der Waals surface area (Å²) in [6, 6.07) is 11.7. The molecule has 0 spiro atoms. The molecule has 3 aromatic rings. The molecule has 182 valence electrons. The highest BCUT2D eigenvalue weighted by molar-refractivity contribution is 8.00. The number of aliphatic hydroxyl groups excluding tert-OH is 1. The molecule has 0 aliphatic carbocycles. The van der Waals surface area contributed by atoms with Crippen LogP contribution in [-0.4, -0.2) is 33.6 Å². The lowest BCUT2D eigenvalue weighted by molar-refractivity contribution is -0.105. The quantitative estimate of drug-likeness (QED) is 0.313. The summed E-state index contributed by atoms with van der Waals surface area (Å²) in [6.45, 7) is 4.27. The molecular formula is C24H25F4N3O2S. The number of hydrogen-bond donors (Lipinski definition) is 2. The maximum Gasteiger partial charge on any atom is 0.399 e. The molecule has 2 N–H and O–H groups in total. The molecule has 0 radical (unpaired) electrons. The Morgan fingerprint density at radius 1 is 1.15 bits per heavy atom. The molecule has 34 heavy (non-hydrogen) atoms. The average molecular weight is 496 g/mol. The van der Waals surface area contributed by atoms with E-state index in [0.717, 1.165) is 11.9 Å². The molecule has 1 aliphatic heterocycles. The summed E-state index contributed by atoms with van der Waals surface area (Å²) in [5.74, 6) is -1.39. The van der Waals surface area contributed by atoms with Crippen molar-refractivity contribution < 1.29 is 27.4 Å². The molecule has 10 heteroatoms. The zero-order valence-corrected chi connectivity index (χ0v) is 19.5. The number of hydrogen-bond acceptors (Lipinski definition) is 6. The van der Waals surface area contributed by atoms with Gasteiger partial charge in [0, 0.05) is 28.9 Å². The first-order valence-electron chi connectivity index (χ1n) is 10.8. The van der Waals surface area contributed by atoms with Crippen molar-refractivity contribution in [2.45, 2.75) is 32.5 Å². The van der Waals surface area contributed by atoms with Crippen molar-refractivity contribution in [3.05, 3.63) is 71.9 Å². The minimum absolute atomic E-state index is 0.102. The maximum absolute atomic E-state index is 13.8. The van der Waals surface area contributed by atoms with E-state index in [2.05, 4.69) is 14.7 Å². The molecule has 1 aromatic carbocycles. The van der Waals surface area contributed by atoms with Gasteiger partial charge in [-0.2, -0.15) is 13.2 Å². The second kappa shape index (κ2) is 11.5. The summed E-state index contributed by atoms with van der Waals surface area (Å²) in [5, 5.41) is 10.8. The number of benzene rings is 1. The van der Waals surface area contributed by atoms with E-state index in [1.165, 1.54) is 6.07 Å². The van der Waals surface area contributed by atoms with Crippen molar-refractivity contribution in [2.75, 3.05) is 17.1 Å². The van der Waals surface area contributed by atoms with E-state index in [-0.39, 0.29) is 23.9 Å². The summed E-state index contributed by atoms with van der Waals surface area (Å²) in [5.41, 5.74) is 2.22. The molecule has 0 bridgehead atoms. The van der Waals surface area contributed by atoms with Gasteiger partial charge >= 0.3 is 6.18 Å². The number of pyridine rings is 2. The molecule has 1 aliphatic rings. The first-order chi connectivity index (χ1) is 16.3. The third-order valence-corrected chi connectivity index (χ3v) is 5.81. The van der Waals surface area contributed by atoms with Gasteiger partial charge in [0.1, 0.15) is 23.1 Å². The predicted molar refractivity (Wildman–Crippen MR) is 125 cm³/mol. The van der Waals surface area contributed by atoms with Crippen molar-refractivity contribution in [3.8, 4) is 16.9 Å². The number of halogens is 4. The van der Waals surface area contributed by atoms with Crippen LogP contribution >= 0.6 is 11.9 Å². The number of aliphatic hydroxyl groups is 1. The molecule has 2 atom stereocenters.